The van der Waals surface area contributed by atoms with Crippen LogP contribution in [-0.2, 0) is 4.79 Å². The summed E-state index contributed by atoms with van der Waals surface area (Å²) < 4.78 is 14.9. The minimum atomic E-state index is -1.03. The highest BCUT2D eigenvalue weighted by Crippen LogP contribution is 2.27. The number of carboxylic acid groups (broad SMARTS) is 1. The van der Waals surface area contributed by atoms with E-state index < -0.39 is 18.3 Å². The number of piperazine rings is 1. The van der Waals surface area contributed by atoms with E-state index in [4.69, 9.17) is 0 Å². The van der Waals surface area contributed by atoms with Gasteiger partial charge in [0.25, 0.3) is 0 Å². The van der Waals surface area contributed by atoms with Crippen molar-refractivity contribution in [3.63, 3.8) is 0 Å². The predicted molar refractivity (Wildman–Crippen MR) is 86.1 cm³/mol. The summed E-state index contributed by atoms with van der Waals surface area (Å²) in [6.45, 7) is 2.34. The average molecular weight is 334 g/mol. The predicted octanol–water partition coefficient (Wildman–Crippen LogP) is 1.26. The Labute approximate surface area is 138 Å². The highest BCUT2D eigenvalue weighted by Gasteiger charge is 2.37. The van der Waals surface area contributed by atoms with E-state index in [9.17, 15) is 19.2 Å². The van der Waals surface area contributed by atoms with E-state index in [-0.39, 0.29) is 24.1 Å². The molecular weight excluding hydrogens is 315 g/mol. The van der Waals surface area contributed by atoms with Gasteiger partial charge in [-0.15, -0.1) is 0 Å². The summed E-state index contributed by atoms with van der Waals surface area (Å²) in [4.78, 5) is 28.2. The van der Waals surface area contributed by atoms with Crippen molar-refractivity contribution < 1.29 is 19.2 Å². The molecule has 7 nitrogen and oxygen atoms in total. The zero-order valence-corrected chi connectivity index (χ0v) is 13.2. The van der Waals surface area contributed by atoms with Gasteiger partial charge in [-0.1, -0.05) is 16.6 Å². The number of hydrogen-bond acceptors (Lipinski definition) is 5. The van der Waals surface area contributed by atoms with Crippen LogP contribution in [0.15, 0.2) is 40.6 Å². The summed E-state index contributed by atoms with van der Waals surface area (Å²) >= 11 is 0. The van der Waals surface area contributed by atoms with Crippen LogP contribution in [0.1, 0.15) is 13.3 Å². The maximum atomic E-state index is 14.9. The molecule has 0 radical (unpaired) electrons. The monoisotopic (exact) mass is 334 g/mol. The molecule has 0 saturated carbocycles. The third-order valence-corrected chi connectivity index (χ3v) is 4.20. The molecule has 128 valence electrons. The van der Waals surface area contributed by atoms with E-state index in [0.29, 0.717) is 23.7 Å². The quantitative estimate of drug-likeness (QED) is 0.743. The summed E-state index contributed by atoms with van der Waals surface area (Å²) in [6, 6.07) is -0.591. The van der Waals surface area contributed by atoms with Crippen molar-refractivity contribution in [2.45, 2.75) is 31.6 Å². The van der Waals surface area contributed by atoms with Crippen molar-refractivity contribution in [1.29, 1.82) is 0 Å². The summed E-state index contributed by atoms with van der Waals surface area (Å²) in [5, 5.41) is 12.9. The van der Waals surface area contributed by atoms with Gasteiger partial charge in [0, 0.05) is 37.3 Å². The van der Waals surface area contributed by atoms with E-state index in [1.807, 2.05) is 6.92 Å². The fourth-order valence-corrected chi connectivity index (χ4v) is 3.15. The molecule has 2 N–H and O–H groups in total. The lowest BCUT2D eigenvalue weighted by Gasteiger charge is -2.41. The molecule has 0 aromatic rings. The van der Waals surface area contributed by atoms with Gasteiger partial charge in [-0.2, -0.15) is 5.12 Å². The lowest BCUT2D eigenvalue weighted by molar-refractivity contribution is -0.114. The van der Waals surface area contributed by atoms with Gasteiger partial charge in [0.15, 0.2) is 11.9 Å². The summed E-state index contributed by atoms with van der Waals surface area (Å²) in [7, 11) is 0. The fourth-order valence-electron chi connectivity index (χ4n) is 3.15. The zero-order chi connectivity index (χ0) is 17.3. The Hall–Kier alpha value is -2.48. The Bertz CT molecular complexity index is 670. The number of ketones is 1. The second kappa shape index (κ2) is 6.56. The molecule has 3 atom stereocenters. The van der Waals surface area contributed by atoms with Crippen molar-refractivity contribution in [3.05, 3.63) is 35.6 Å². The van der Waals surface area contributed by atoms with E-state index in [1.165, 1.54) is 23.3 Å². The van der Waals surface area contributed by atoms with Gasteiger partial charge in [-0.3, -0.25) is 9.79 Å². The van der Waals surface area contributed by atoms with Gasteiger partial charge < -0.3 is 15.3 Å². The second-order valence-corrected chi connectivity index (χ2v) is 6.11. The molecule has 2 heterocycles. The van der Waals surface area contributed by atoms with Crippen molar-refractivity contribution in [2.24, 2.45) is 4.99 Å². The molecule has 1 fully saturated rings. The normalized spacial score (nSPS) is 30.2. The molecule has 1 aliphatic carbocycles. The number of nitrogens with one attached hydrogen (secondary N) is 1. The number of hydrogen-bond donors (Lipinski definition) is 2. The second-order valence-electron chi connectivity index (χ2n) is 6.11. The first kappa shape index (κ1) is 16.4. The molecule has 2 aliphatic heterocycles. The van der Waals surface area contributed by atoms with Gasteiger partial charge in [-0.05, 0) is 19.1 Å². The average Bonchev–Trinajstić information content (AvgIpc) is 2.54. The highest BCUT2D eigenvalue weighted by atomic mass is 19.2. The van der Waals surface area contributed by atoms with Crippen LogP contribution < -0.4 is 5.32 Å². The molecule has 1 saturated heterocycles. The number of carbonyl (C=O) groups excluding carboxylic acids is 1. The molecule has 0 bridgehead atoms. The molecule has 24 heavy (non-hydrogen) atoms. The third-order valence-electron chi connectivity index (χ3n) is 4.20. The van der Waals surface area contributed by atoms with Gasteiger partial charge in [0.1, 0.15) is 0 Å². The minimum absolute atomic E-state index is 0.0812. The van der Waals surface area contributed by atoms with Crippen LogP contribution in [0.3, 0.4) is 0 Å². The number of halogens is 1. The zero-order valence-electron chi connectivity index (χ0n) is 13.2. The first-order valence-electron chi connectivity index (χ1n) is 7.79. The smallest absolute Gasteiger partial charge is 0.407 e. The van der Waals surface area contributed by atoms with Crippen LogP contribution in [0.5, 0.6) is 0 Å². The summed E-state index contributed by atoms with van der Waals surface area (Å²) in [5.74, 6) is -0.0812. The Morgan fingerprint density at radius 1 is 1.46 bits per heavy atom. The standard InChI is InChI=1S/C16H19FN4O3/c1-10-8-20(16(23)24)9-13(19-10)15-18-6-5-14(21(15)17)11-3-2-4-12(22)7-11/h2-3,5-7,10,13,15,19H,4,8-9H2,1H3,(H,23,24). The Morgan fingerprint density at radius 3 is 2.96 bits per heavy atom. The third kappa shape index (κ3) is 3.23. The van der Waals surface area contributed by atoms with Crippen LogP contribution in [0.2, 0.25) is 0 Å². The number of carbonyl (C=O) groups is 2. The van der Waals surface area contributed by atoms with Gasteiger partial charge in [-0.25, -0.2) is 4.79 Å². The molecule has 3 aliphatic rings. The number of nitrogens with zero attached hydrogens (tertiary/aromatic N) is 3. The molecular formula is C16H19FN4O3. The maximum absolute atomic E-state index is 14.9. The molecule has 1 amide bonds. The van der Waals surface area contributed by atoms with Gasteiger partial charge in [0.2, 0.25) is 0 Å². The highest BCUT2D eigenvalue weighted by molar-refractivity contribution is 5.94. The first-order chi connectivity index (χ1) is 11.5. The largest absolute Gasteiger partial charge is 0.465 e. The Morgan fingerprint density at radius 2 is 2.25 bits per heavy atom. The van der Waals surface area contributed by atoms with E-state index in [1.54, 1.807) is 12.2 Å². The van der Waals surface area contributed by atoms with Gasteiger partial charge >= 0.3 is 6.09 Å². The Balaban J connectivity index is 1.79. The fraction of sp³-hybridized carbons (Fsp3) is 0.438. The lowest BCUT2D eigenvalue weighted by Crippen LogP contribution is -2.62. The number of rotatable bonds is 2. The first-order valence-corrected chi connectivity index (χ1v) is 7.79. The topological polar surface area (TPSA) is 85.2 Å². The minimum Gasteiger partial charge on any atom is -0.465 e. The summed E-state index contributed by atoms with van der Waals surface area (Å²) in [6.07, 6.45) is 6.21. The number of amides is 1. The Kier molecular flexibility index (Phi) is 4.48. The molecule has 3 rings (SSSR count). The maximum Gasteiger partial charge on any atom is 0.407 e. The summed E-state index contributed by atoms with van der Waals surface area (Å²) in [5.41, 5.74) is 0.741. The van der Waals surface area contributed by atoms with Crippen molar-refractivity contribution in [2.75, 3.05) is 13.1 Å². The molecule has 0 spiro atoms. The van der Waals surface area contributed by atoms with Crippen LogP contribution in [0, 0.1) is 0 Å². The number of aliphatic imine (C=N–C) groups is 1. The number of allylic oxidation sites excluding steroid dienone is 4. The van der Waals surface area contributed by atoms with E-state index >= 15 is 0 Å². The SMILES string of the molecule is CC1CN(C(=O)O)CC(C2N=CC=C(C3=CC(=O)CC=C3)N2F)N1. The van der Waals surface area contributed by atoms with Crippen molar-refractivity contribution >= 4 is 18.1 Å². The molecule has 3 unspecified atom stereocenters. The van der Waals surface area contributed by atoms with Crippen molar-refractivity contribution in [3.8, 4) is 0 Å². The molecule has 0 aromatic carbocycles. The van der Waals surface area contributed by atoms with Gasteiger partial charge in [0.05, 0.1) is 11.7 Å². The molecule has 8 heteroatoms. The van der Waals surface area contributed by atoms with Crippen LogP contribution in [0.4, 0.5) is 9.28 Å². The van der Waals surface area contributed by atoms with E-state index in [0.717, 1.165) is 0 Å². The van der Waals surface area contributed by atoms with E-state index in [2.05, 4.69) is 10.3 Å². The van der Waals surface area contributed by atoms with Crippen LogP contribution in [-0.4, -0.2) is 64.6 Å². The van der Waals surface area contributed by atoms with Crippen LogP contribution in [0.25, 0.3) is 0 Å². The lowest BCUT2D eigenvalue weighted by atomic mass is 10.0. The van der Waals surface area contributed by atoms with Crippen molar-refractivity contribution in [1.82, 2.24) is 15.3 Å². The van der Waals surface area contributed by atoms with Crippen LogP contribution >= 0.6 is 0 Å². The molecule has 0 aromatic heterocycles.